The summed E-state index contributed by atoms with van der Waals surface area (Å²) in [6.45, 7) is 5.12. The number of fused-ring (bicyclic) bond motifs is 1. The molecule has 1 aliphatic heterocycles. The molecule has 0 amide bonds. The topological polar surface area (TPSA) is 99.4 Å². The number of nitrogens with one attached hydrogen (secondary N) is 2. The summed E-state index contributed by atoms with van der Waals surface area (Å²) in [5.41, 5.74) is 0.817. The van der Waals surface area contributed by atoms with E-state index in [1.807, 2.05) is 32.4 Å². The molecule has 2 N–H and O–H groups in total. The van der Waals surface area contributed by atoms with Gasteiger partial charge in [-0.2, -0.15) is 5.10 Å². The summed E-state index contributed by atoms with van der Waals surface area (Å²) in [4.78, 5) is 22.1. The van der Waals surface area contributed by atoms with E-state index in [4.69, 9.17) is 0 Å². The number of halogens is 1. The number of aromatic nitrogens is 5. The highest BCUT2D eigenvalue weighted by molar-refractivity contribution is 14.0. The molecule has 3 aromatic heterocycles. The van der Waals surface area contributed by atoms with Crippen molar-refractivity contribution in [2.24, 2.45) is 12.0 Å². The molecule has 1 aliphatic rings. The summed E-state index contributed by atoms with van der Waals surface area (Å²) < 4.78 is 1.74. The third-order valence-electron chi connectivity index (χ3n) is 4.99. The zero-order valence-electron chi connectivity index (χ0n) is 17.2. The van der Waals surface area contributed by atoms with Gasteiger partial charge in [0, 0.05) is 59.6 Å². The fourth-order valence-electron chi connectivity index (χ4n) is 3.48. The molecule has 4 rings (SSSR count). The van der Waals surface area contributed by atoms with E-state index in [2.05, 4.69) is 51.5 Å². The summed E-state index contributed by atoms with van der Waals surface area (Å²) in [7, 11) is 3.70. The lowest BCUT2D eigenvalue weighted by molar-refractivity contribution is 0.372. The number of guanidine groups is 1. The van der Waals surface area contributed by atoms with Gasteiger partial charge in [0.15, 0.2) is 11.6 Å². The van der Waals surface area contributed by atoms with Gasteiger partial charge < -0.3 is 20.4 Å². The van der Waals surface area contributed by atoms with Crippen molar-refractivity contribution in [2.75, 3.05) is 56.5 Å². The van der Waals surface area contributed by atoms with Crippen LogP contribution in [0.25, 0.3) is 11.0 Å². The molecule has 0 aliphatic carbocycles. The van der Waals surface area contributed by atoms with Crippen LogP contribution in [0, 0.1) is 0 Å². The molecule has 10 nitrogen and oxygen atoms in total. The highest BCUT2D eigenvalue weighted by Crippen LogP contribution is 2.17. The van der Waals surface area contributed by atoms with Gasteiger partial charge in [-0.25, -0.2) is 15.0 Å². The number of rotatable bonds is 5. The molecule has 4 heterocycles. The van der Waals surface area contributed by atoms with Crippen LogP contribution in [0.4, 0.5) is 11.6 Å². The van der Waals surface area contributed by atoms with Gasteiger partial charge in [-0.05, 0) is 12.1 Å². The van der Waals surface area contributed by atoms with Crippen LogP contribution in [0.5, 0.6) is 0 Å². The summed E-state index contributed by atoms with van der Waals surface area (Å²) in [6, 6.07) is 6.03. The minimum atomic E-state index is 0. The van der Waals surface area contributed by atoms with Crippen LogP contribution >= 0.6 is 24.0 Å². The Morgan fingerprint density at radius 2 is 1.93 bits per heavy atom. The van der Waals surface area contributed by atoms with Crippen LogP contribution in [0.3, 0.4) is 0 Å². The van der Waals surface area contributed by atoms with Crippen LogP contribution in [-0.4, -0.2) is 81.9 Å². The maximum atomic E-state index is 4.44. The first kappa shape index (κ1) is 22.0. The lowest BCUT2D eigenvalue weighted by Crippen LogP contribution is -2.53. The van der Waals surface area contributed by atoms with Crippen LogP contribution in [0.1, 0.15) is 0 Å². The Morgan fingerprint density at radius 3 is 2.67 bits per heavy atom. The molecule has 0 unspecified atom stereocenters. The van der Waals surface area contributed by atoms with Crippen molar-refractivity contribution in [1.82, 2.24) is 34.9 Å². The minimum Gasteiger partial charge on any atom is -0.368 e. The van der Waals surface area contributed by atoms with E-state index in [9.17, 15) is 0 Å². The molecule has 0 bridgehead atoms. The Kier molecular flexibility index (Phi) is 7.60. The number of anilines is 2. The lowest BCUT2D eigenvalue weighted by Gasteiger charge is -2.37. The summed E-state index contributed by atoms with van der Waals surface area (Å²) in [5, 5.41) is 11.9. The van der Waals surface area contributed by atoms with Crippen molar-refractivity contribution in [3.8, 4) is 0 Å². The maximum Gasteiger partial charge on any atom is 0.193 e. The van der Waals surface area contributed by atoms with Crippen molar-refractivity contribution in [1.29, 1.82) is 0 Å². The van der Waals surface area contributed by atoms with Gasteiger partial charge in [-0.15, -0.1) is 24.0 Å². The molecule has 1 fully saturated rings. The molecule has 30 heavy (non-hydrogen) atoms. The smallest absolute Gasteiger partial charge is 0.193 e. The Bertz CT molecular complexity index is 966. The molecular weight excluding hydrogens is 495 g/mol. The molecular formula is C19H27IN10. The molecule has 11 heteroatoms. The van der Waals surface area contributed by atoms with Crippen molar-refractivity contribution in [3.63, 3.8) is 0 Å². The zero-order valence-corrected chi connectivity index (χ0v) is 19.5. The van der Waals surface area contributed by atoms with Gasteiger partial charge in [0.05, 0.1) is 11.6 Å². The van der Waals surface area contributed by atoms with Gasteiger partial charge in [-0.3, -0.25) is 9.67 Å². The molecule has 0 saturated carbocycles. The number of nitrogens with zero attached hydrogens (tertiary/aromatic N) is 8. The number of pyridine rings is 1. The van der Waals surface area contributed by atoms with Crippen LogP contribution in [-0.2, 0) is 7.05 Å². The van der Waals surface area contributed by atoms with Gasteiger partial charge >= 0.3 is 0 Å². The summed E-state index contributed by atoms with van der Waals surface area (Å²) >= 11 is 0. The Hall–Kier alpha value is -2.70. The predicted octanol–water partition coefficient (Wildman–Crippen LogP) is 1.19. The lowest BCUT2D eigenvalue weighted by atomic mass is 10.3. The second-order valence-corrected chi connectivity index (χ2v) is 6.79. The highest BCUT2D eigenvalue weighted by Gasteiger charge is 2.20. The molecule has 3 aromatic rings. The number of hydrogen-bond donors (Lipinski definition) is 2. The highest BCUT2D eigenvalue weighted by atomic mass is 127. The average Bonchev–Trinajstić information content (AvgIpc) is 3.16. The Morgan fingerprint density at radius 1 is 1.10 bits per heavy atom. The first-order valence-corrected chi connectivity index (χ1v) is 9.74. The maximum absolute atomic E-state index is 4.44. The van der Waals surface area contributed by atoms with Crippen molar-refractivity contribution < 1.29 is 0 Å². The summed E-state index contributed by atoms with van der Waals surface area (Å²) in [6.07, 6.45) is 5.18. The third-order valence-corrected chi connectivity index (χ3v) is 4.99. The largest absolute Gasteiger partial charge is 0.368 e. The van der Waals surface area contributed by atoms with Gasteiger partial charge in [0.25, 0.3) is 0 Å². The van der Waals surface area contributed by atoms with Crippen LogP contribution < -0.4 is 15.5 Å². The van der Waals surface area contributed by atoms with Gasteiger partial charge in [0.1, 0.15) is 18.0 Å². The van der Waals surface area contributed by atoms with Crippen LogP contribution in [0.2, 0.25) is 0 Å². The van der Waals surface area contributed by atoms with E-state index in [1.54, 1.807) is 17.2 Å². The number of hydrogen-bond acceptors (Lipinski definition) is 7. The fraction of sp³-hybridized carbons (Fsp3) is 0.421. The molecule has 0 radical (unpaired) electrons. The summed E-state index contributed by atoms with van der Waals surface area (Å²) in [5.74, 6) is 2.75. The van der Waals surface area contributed by atoms with Gasteiger partial charge in [0.2, 0.25) is 0 Å². The van der Waals surface area contributed by atoms with Crippen molar-refractivity contribution in [3.05, 3.63) is 36.9 Å². The van der Waals surface area contributed by atoms with E-state index >= 15 is 0 Å². The predicted molar refractivity (Wildman–Crippen MR) is 130 cm³/mol. The average molecular weight is 522 g/mol. The number of aryl methyl sites for hydroxylation is 1. The standard InChI is InChI=1S/C19H26N10.HI/c1-20-19(29-11-9-28(10-12-29)16-5-3-4-6-21-16)23-8-7-22-17-15-13-26-27(2)18(15)25-14-24-17;/h3-6,13-14H,7-12H2,1-2H3,(H,20,23)(H,22,24,25);1H. The monoisotopic (exact) mass is 522 g/mol. The van der Waals surface area contributed by atoms with E-state index in [0.717, 1.165) is 61.4 Å². The number of aliphatic imine (C=N–C) groups is 1. The molecule has 160 valence electrons. The zero-order chi connectivity index (χ0) is 20.1. The SMILES string of the molecule is CN=C(NCCNc1ncnc2c1cnn2C)N1CCN(c2ccccn2)CC1.I. The normalized spacial score (nSPS) is 14.5. The quantitative estimate of drug-likeness (QED) is 0.223. The first-order chi connectivity index (χ1) is 14.3. The van der Waals surface area contributed by atoms with Crippen LogP contribution in [0.15, 0.2) is 41.9 Å². The first-order valence-electron chi connectivity index (χ1n) is 9.74. The van der Waals surface area contributed by atoms with Gasteiger partial charge in [-0.1, -0.05) is 6.07 Å². The van der Waals surface area contributed by atoms with Crippen molar-refractivity contribution >= 4 is 52.6 Å². The second-order valence-electron chi connectivity index (χ2n) is 6.79. The van der Waals surface area contributed by atoms with E-state index < -0.39 is 0 Å². The minimum absolute atomic E-state index is 0. The van der Waals surface area contributed by atoms with E-state index in [-0.39, 0.29) is 24.0 Å². The Labute approximate surface area is 192 Å². The second kappa shape index (κ2) is 10.4. The number of piperazine rings is 1. The molecule has 1 saturated heterocycles. The Balaban J connectivity index is 0.00000256. The van der Waals surface area contributed by atoms with E-state index in [1.165, 1.54) is 0 Å². The third kappa shape index (κ3) is 4.89. The molecule has 0 spiro atoms. The molecule has 0 aromatic carbocycles. The fourth-order valence-corrected chi connectivity index (χ4v) is 3.48. The van der Waals surface area contributed by atoms with Crippen molar-refractivity contribution in [2.45, 2.75) is 0 Å². The molecule has 0 atom stereocenters. The van der Waals surface area contributed by atoms with E-state index in [0.29, 0.717) is 6.54 Å².